The van der Waals surface area contributed by atoms with Crippen molar-refractivity contribution in [3.8, 4) is 0 Å². The Kier molecular flexibility index (Phi) is 4.87. The van der Waals surface area contributed by atoms with Gasteiger partial charge in [0.15, 0.2) is 5.43 Å². The first kappa shape index (κ1) is 14.7. The average molecular weight is 272 g/mol. The van der Waals surface area contributed by atoms with Crippen LogP contribution in [0.4, 0.5) is 4.39 Å². The molecule has 0 radical (unpaired) electrons. The standard InChI is InChI=1S/C13H14FNO2.ClH/c1-2-10(15)5-8-7-17-12-4-3-9(14)6-11(12)13(8)16;/h3-4,6-7,10H,2,5,15H2,1H3;1H. The molecule has 0 bridgehead atoms. The number of hydrogen-bond donors (Lipinski definition) is 1. The molecule has 2 N–H and O–H groups in total. The molecule has 0 aliphatic heterocycles. The van der Waals surface area contributed by atoms with E-state index in [0.717, 1.165) is 6.42 Å². The van der Waals surface area contributed by atoms with Crippen molar-refractivity contribution in [1.82, 2.24) is 0 Å². The Morgan fingerprint density at radius 2 is 2.17 bits per heavy atom. The molecule has 0 spiro atoms. The Balaban J connectivity index is 0.00000162. The molecule has 0 fully saturated rings. The lowest BCUT2D eigenvalue weighted by Crippen LogP contribution is -2.24. The van der Waals surface area contributed by atoms with E-state index >= 15 is 0 Å². The van der Waals surface area contributed by atoms with Crippen molar-refractivity contribution in [3.05, 3.63) is 46.1 Å². The number of hydrogen-bond acceptors (Lipinski definition) is 3. The van der Waals surface area contributed by atoms with Crippen LogP contribution < -0.4 is 11.2 Å². The molecule has 0 saturated carbocycles. The van der Waals surface area contributed by atoms with Crippen LogP contribution in [-0.2, 0) is 6.42 Å². The predicted molar refractivity (Wildman–Crippen MR) is 71.7 cm³/mol. The molecule has 1 aromatic carbocycles. The molecule has 2 aromatic rings. The highest BCUT2D eigenvalue weighted by Gasteiger charge is 2.10. The maximum absolute atomic E-state index is 13.1. The van der Waals surface area contributed by atoms with E-state index in [1.807, 2.05) is 6.92 Å². The van der Waals surface area contributed by atoms with Crippen molar-refractivity contribution in [2.45, 2.75) is 25.8 Å². The topological polar surface area (TPSA) is 56.2 Å². The molecule has 98 valence electrons. The van der Waals surface area contributed by atoms with Crippen LogP contribution in [0.25, 0.3) is 11.0 Å². The van der Waals surface area contributed by atoms with Gasteiger partial charge in [0.2, 0.25) is 0 Å². The average Bonchev–Trinajstić information content (AvgIpc) is 2.33. The van der Waals surface area contributed by atoms with Crippen molar-refractivity contribution in [2.75, 3.05) is 0 Å². The minimum absolute atomic E-state index is 0. The Labute approximate surface area is 110 Å². The van der Waals surface area contributed by atoms with Crippen LogP contribution in [-0.4, -0.2) is 6.04 Å². The molecule has 0 aliphatic carbocycles. The highest BCUT2D eigenvalue weighted by Crippen LogP contribution is 2.13. The number of rotatable bonds is 3. The van der Waals surface area contributed by atoms with E-state index in [1.54, 1.807) is 0 Å². The number of halogens is 2. The van der Waals surface area contributed by atoms with Crippen molar-refractivity contribution >= 4 is 23.4 Å². The highest BCUT2D eigenvalue weighted by atomic mass is 35.5. The van der Waals surface area contributed by atoms with E-state index in [1.165, 1.54) is 24.5 Å². The molecule has 0 saturated heterocycles. The number of nitrogens with two attached hydrogens (primary N) is 1. The van der Waals surface area contributed by atoms with Crippen molar-refractivity contribution in [1.29, 1.82) is 0 Å². The normalized spacial score (nSPS) is 12.2. The molecule has 1 unspecified atom stereocenters. The summed E-state index contributed by atoms with van der Waals surface area (Å²) in [6.45, 7) is 1.95. The Morgan fingerprint density at radius 1 is 1.44 bits per heavy atom. The third kappa shape index (κ3) is 2.89. The SMILES string of the molecule is CCC(N)Cc1coc2ccc(F)cc2c1=O.Cl. The summed E-state index contributed by atoms with van der Waals surface area (Å²) in [4.78, 5) is 12.0. The highest BCUT2D eigenvalue weighted by molar-refractivity contribution is 5.85. The summed E-state index contributed by atoms with van der Waals surface area (Å²) in [6.07, 6.45) is 2.64. The molecule has 0 amide bonds. The van der Waals surface area contributed by atoms with Crippen LogP contribution in [0.5, 0.6) is 0 Å². The molecule has 18 heavy (non-hydrogen) atoms. The molecular weight excluding hydrogens is 257 g/mol. The number of benzene rings is 1. The quantitative estimate of drug-likeness (QED) is 0.934. The predicted octanol–water partition coefficient (Wildman–Crippen LogP) is 2.63. The third-order valence-corrected chi connectivity index (χ3v) is 2.81. The van der Waals surface area contributed by atoms with E-state index in [0.29, 0.717) is 17.6 Å². The zero-order valence-corrected chi connectivity index (χ0v) is 10.8. The van der Waals surface area contributed by atoms with Gasteiger partial charge in [0, 0.05) is 11.6 Å². The fourth-order valence-electron chi connectivity index (χ4n) is 1.71. The maximum atomic E-state index is 13.1. The summed E-state index contributed by atoms with van der Waals surface area (Å²) in [7, 11) is 0. The number of fused-ring (bicyclic) bond motifs is 1. The van der Waals surface area contributed by atoms with Crippen molar-refractivity contribution in [2.24, 2.45) is 5.73 Å². The zero-order valence-electron chi connectivity index (χ0n) is 9.98. The molecule has 0 aliphatic rings. The van der Waals surface area contributed by atoms with E-state index in [9.17, 15) is 9.18 Å². The van der Waals surface area contributed by atoms with Gasteiger partial charge in [0.25, 0.3) is 0 Å². The minimum atomic E-state index is -0.443. The van der Waals surface area contributed by atoms with Gasteiger partial charge in [-0.15, -0.1) is 12.4 Å². The molecule has 1 atom stereocenters. The maximum Gasteiger partial charge on any atom is 0.196 e. The largest absolute Gasteiger partial charge is 0.464 e. The van der Waals surface area contributed by atoms with Crippen LogP contribution in [0.1, 0.15) is 18.9 Å². The van der Waals surface area contributed by atoms with Crippen LogP contribution in [0.3, 0.4) is 0 Å². The second-order valence-corrected chi connectivity index (χ2v) is 4.10. The van der Waals surface area contributed by atoms with E-state index in [4.69, 9.17) is 10.2 Å². The lowest BCUT2D eigenvalue weighted by molar-refractivity contribution is 0.572. The summed E-state index contributed by atoms with van der Waals surface area (Å²) < 4.78 is 18.4. The van der Waals surface area contributed by atoms with Crippen LogP contribution >= 0.6 is 12.4 Å². The summed E-state index contributed by atoms with van der Waals surface area (Å²) in [5.41, 5.74) is 6.49. The van der Waals surface area contributed by atoms with Gasteiger partial charge in [0.05, 0.1) is 11.6 Å². The molecule has 1 aromatic heterocycles. The monoisotopic (exact) mass is 271 g/mol. The van der Waals surface area contributed by atoms with Gasteiger partial charge in [-0.25, -0.2) is 4.39 Å². The molecular formula is C13H15ClFNO2. The van der Waals surface area contributed by atoms with E-state index in [2.05, 4.69) is 0 Å². The van der Waals surface area contributed by atoms with Gasteiger partial charge in [-0.1, -0.05) is 6.92 Å². The fourth-order valence-corrected chi connectivity index (χ4v) is 1.71. The van der Waals surface area contributed by atoms with Gasteiger partial charge in [-0.05, 0) is 31.0 Å². The second kappa shape index (κ2) is 5.98. The molecule has 5 heteroatoms. The summed E-state index contributed by atoms with van der Waals surface area (Å²) in [5.74, 6) is -0.443. The third-order valence-electron chi connectivity index (χ3n) is 2.81. The van der Waals surface area contributed by atoms with E-state index < -0.39 is 5.82 Å². The Morgan fingerprint density at radius 3 is 2.83 bits per heavy atom. The smallest absolute Gasteiger partial charge is 0.196 e. The van der Waals surface area contributed by atoms with Gasteiger partial charge in [-0.2, -0.15) is 0 Å². The summed E-state index contributed by atoms with van der Waals surface area (Å²) >= 11 is 0. The first-order valence-corrected chi connectivity index (χ1v) is 5.57. The lowest BCUT2D eigenvalue weighted by Gasteiger charge is -2.07. The molecule has 3 nitrogen and oxygen atoms in total. The van der Waals surface area contributed by atoms with Gasteiger partial charge >= 0.3 is 0 Å². The van der Waals surface area contributed by atoms with Gasteiger partial charge < -0.3 is 10.2 Å². The Hall–Kier alpha value is -1.39. The second-order valence-electron chi connectivity index (χ2n) is 4.10. The Bertz CT molecular complexity index is 597. The lowest BCUT2D eigenvalue weighted by atomic mass is 10.0. The van der Waals surface area contributed by atoms with Crippen LogP contribution in [0.15, 0.2) is 33.7 Å². The zero-order chi connectivity index (χ0) is 12.4. The minimum Gasteiger partial charge on any atom is -0.464 e. The fraction of sp³-hybridized carbons (Fsp3) is 0.308. The first-order chi connectivity index (χ1) is 8.11. The van der Waals surface area contributed by atoms with E-state index in [-0.39, 0.29) is 29.3 Å². The summed E-state index contributed by atoms with van der Waals surface area (Å²) in [5, 5.41) is 0.269. The van der Waals surface area contributed by atoms with Crippen molar-refractivity contribution in [3.63, 3.8) is 0 Å². The van der Waals surface area contributed by atoms with Crippen LogP contribution in [0, 0.1) is 5.82 Å². The van der Waals surface area contributed by atoms with Gasteiger partial charge in [0.1, 0.15) is 11.4 Å². The molecule has 2 rings (SSSR count). The first-order valence-electron chi connectivity index (χ1n) is 5.57. The van der Waals surface area contributed by atoms with Crippen molar-refractivity contribution < 1.29 is 8.81 Å². The molecule has 1 heterocycles. The van der Waals surface area contributed by atoms with Crippen LogP contribution in [0.2, 0.25) is 0 Å². The summed E-state index contributed by atoms with van der Waals surface area (Å²) in [6, 6.07) is 3.84. The van der Waals surface area contributed by atoms with Gasteiger partial charge in [-0.3, -0.25) is 4.79 Å².